The quantitative estimate of drug-likeness (QED) is 0.269. The molecule has 49 heavy (non-hydrogen) atoms. The van der Waals surface area contributed by atoms with Gasteiger partial charge in [-0.15, -0.1) is 0 Å². The highest BCUT2D eigenvalue weighted by Gasteiger charge is 2.62. The third-order valence-electron chi connectivity index (χ3n) is 12.0. The molecule has 238 valence electrons. The van der Waals surface area contributed by atoms with E-state index in [0.29, 0.717) is 5.92 Å². The summed E-state index contributed by atoms with van der Waals surface area (Å²) in [5.74, 6) is 5.49. The molecule has 1 spiro atoms. The van der Waals surface area contributed by atoms with Gasteiger partial charge in [0.25, 0.3) is 0 Å². The predicted molar refractivity (Wildman–Crippen MR) is 197 cm³/mol. The molecule has 3 aromatic rings. The number of ether oxygens (including phenoxy) is 3. The van der Waals surface area contributed by atoms with Gasteiger partial charge in [0.2, 0.25) is 6.71 Å². The zero-order valence-corrected chi connectivity index (χ0v) is 27.5. The number of para-hydroxylation sites is 1. The van der Waals surface area contributed by atoms with E-state index < -0.39 is 5.41 Å². The number of nitrogens with zero attached hydrogens (tertiary/aromatic N) is 1. The van der Waals surface area contributed by atoms with Crippen LogP contribution >= 0.6 is 0 Å². The molecule has 0 aromatic heterocycles. The van der Waals surface area contributed by atoms with E-state index in [2.05, 4.69) is 139 Å². The minimum absolute atomic E-state index is 0.0977. The SMILES string of the molecule is CC1C=CC2=C(C1)C1(C3=CC=CC4Oc5cc(N(c6ccccc6)C6C=CC=CC6)cc6c5B(c5c(cccc51)O6)C34)C1=C(CCC=C1)O2. The lowest BCUT2D eigenvalue weighted by Crippen LogP contribution is -2.65. The number of allylic oxidation sites excluding steroid dienone is 11. The summed E-state index contributed by atoms with van der Waals surface area (Å²) < 4.78 is 21.0. The molecule has 0 fully saturated rings. The van der Waals surface area contributed by atoms with Crippen molar-refractivity contribution in [3.8, 4) is 17.2 Å². The van der Waals surface area contributed by atoms with Crippen LogP contribution in [-0.4, -0.2) is 18.9 Å². The number of hydrogen-bond acceptors (Lipinski definition) is 4. The Bertz CT molecular complexity index is 2220. The van der Waals surface area contributed by atoms with Crippen LogP contribution in [0.3, 0.4) is 0 Å². The normalized spacial score (nSPS) is 28.7. The second-order valence-electron chi connectivity index (χ2n) is 14.6. The monoisotopic (exact) mass is 637 g/mol. The zero-order valence-electron chi connectivity index (χ0n) is 27.5. The molecule has 0 bridgehead atoms. The maximum atomic E-state index is 7.18. The van der Waals surface area contributed by atoms with Crippen LogP contribution in [-0.2, 0) is 10.2 Å². The van der Waals surface area contributed by atoms with Crippen LogP contribution in [0.2, 0.25) is 5.82 Å². The molecule has 4 nitrogen and oxygen atoms in total. The van der Waals surface area contributed by atoms with Gasteiger partial charge in [0.15, 0.2) is 0 Å². The second-order valence-corrected chi connectivity index (χ2v) is 14.6. The van der Waals surface area contributed by atoms with Crippen molar-refractivity contribution in [1.29, 1.82) is 0 Å². The van der Waals surface area contributed by atoms with E-state index in [1.165, 1.54) is 33.2 Å². The summed E-state index contributed by atoms with van der Waals surface area (Å²) in [6, 6.07) is 22.2. The molecular weight excluding hydrogens is 601 g/mol. The van der Waals surface area contributed by atoms with Gasteiger partial charge in [0.05, 0.1) is 11.5 Å². The number of fused-ring (bicyclic) bond motifs is 4. The molecule has 4 aliphatic carbocycles. The second kappa shape index (κ2) is 10.2. The highest BCUT2D eigenvalue weighted by Crippen LogP contribution is 2.63. The van der Waals surface area contributed by atoms with Gasteiger partial charge < -0.3 is 19.1 Å². The fourth-order valence-corrected chi connectivity index (χ4v) is 10.1. The van der Waals surface area contributed by atoms with Crippen LogP contribution < -0.4 is 25.3 Å². The molecule has 5 atom stereocenters. The van der Waals surface area contributed by atoms with E-state index in [1.807, 2.05) is 0 Å². The highest BCUT2D eigenvalue weighted by atomic mass is 16.5. The van der Waals surface area contributed by atoms with Crippen molar-refractivity contribution in [3.05, 3.63) is 161 Å². The van der Waals surface area contributed by atoms with Crippen molar-refractivity contribution in [3.63, 3.8) is 0 Å². The fourth-order valence-electron chi connectivity index (χ4n) is 10.1. The van der Waals surface area contributed by atoms with Gasteiger partial charge in [-0.1, -0.05) is 97.5 Å². The first kappa shape index (κ1) is 27.8. The van der Waals surface area contributed by atoms with Crippen molar-refractivity contribution in [2.75, 3.05) is 4.90 Å². The van der Waals surface area contributed by atoms with Gasteiger partial charge in [-0.3, -0.25) is 0 Å². The molecule has 5 heteroatoms. The molecule has 4 heterocycles. The summed E-state index contributed by atoms with van der Waals surface area (Å²) >= 11 is 0. The van der Waals surface area contributed by atoms with Crippen molar-refractivity contribution in [1.82, 2.24) is 0 Å². The van der Waals surface area contributed by atoms with Gasteiger partial charge in [-0.05, 0) is 72.1 Å². The number of anilines is 2. The summed E-state index contributed by atoms with van der Waals surface area (Å²) in [4.78, 5) is 2.43. The molecule has 0 saturated carbocycles. The summed E-state index contributed by atoms with van der Waals surface area (Å²) in [5, 5.41) is 0. The van der Waals surface area contributed by atoms with Crippen LogP contribution in [0, 0.1) is 5.92 Å². The lowest BCUT2D eigenvalue weighted by atomic mass is 9.23. The largest absolute Gasteiger partial charge is 0.487 e. The van der Waals surface area contributed by atoms with Crippen molar-refractivity contribution in [2.45, 2.75) is 56.0 Å². The van der Waals surface area contributed by atoms with Gasteiger partial charge in [0, 0.05) is 46.8 Å². The van der Waals surface area contributed by atoms with Crippen LogP contribution in [0.15, 0.2) is 156 Å². The number of benzene rings is 3. The molecule has 4 aliphatic heterocycles. The molecular formula is C44H36BNO3. The Labute approximate surface area is 287 Å². The van der Waals surface area contributed by atoms with Gasteiger partial charge in [0.1, 0.15) is 34.9 Å². The fraction of sp³-hybridized carbons (Fsp3) is 0.227. The van der Waals surface area contributed by atoms with E-state index in [0.717, 1.165) is 65.8 Å². The maximum absolute atomic E-state index is 7.18. The third-order valence-corrected chi connectivity index (χ3v) is 12.0. The molecule has 0 radical (unpaired) electrons. The van der Waals surface area contributed by atoms with Gasteiger partial charge in [-0.25, -0.2) is 0 Å². The molecule has 5 unspecified atom stereocenters. The Morgan fingerprint density at radius 3 is 2.63 bits per heavy atom. The van der Waals surface area contributed by atoms with Crippen LogP contribution in [0.5, 0.6) is 17.2 Å². The molecule has 0 N–H and O–H groups in total. The first-order chi connectivity index (χ1) is 24.2. The Balaban J connectivity index is 1.16. The smallest absolute Gasteiger partial charge is 0.235 e. The van der Waals surface area contributed by atoms with Gasteiger partial charge in [-0.2, -0.15) is 0 Å². The molecule has 8 aliphatic rings. The molecule has 0 saturated heterocycles. The minimum atomic E-state index is -0.430. The van der Waals surface area contributed by atoms with Crippen molar-refractivity contribution in [2.24, 2.45) is 5.92 Å². The predicted octanol–water partition coefficient (Wildman–Crippen LogP) is 8.79. The molecule has 0 amide bonds. The van der Waals surface area contributed by atoms with Crippen LogP contribution in [0.25, 0.3) is 0 Å². The van der Waals surface area contributed by atoms with E-state index in [-0.39, 0.29) is 24.7 Å². The Hall–Kier alpha value is -5.16. The number of rotatable bonds is 3. The van der Waals surface area contributed by atoms with Crippen LogP contribution in [0.4, 0.5) is 11.4 Å². The molecule has 3 aromatic carbocycles. The van der Waals surface area contributed by atoms with Crippen molar-refractivity contribution < 1.29 is 14.2 Å². The van der Waals surface area contributed by atoms with E-state index in [4.69, 9.17) is 14.2 Å². The van der Waals surface area contributed by atoms with Crippen LogP contribution in [0.1, 0.15) is 38.2 Å². The molecule has 11 rings (SSSR count). The first-order valence-electron chi connectivity index (χ1n) is 17.9. The van der Waals surface area contributed by atoms with E-state index in [1.54, 1.807) is 0 Å². The summed E-state index contributed by atoms with van der Waals surface area (Å²) in [6.45, 7) is 2.45. The summed E-state index contributed by atoms with van der Waals surface area (Å²) in [6.07, 6.45) is 28.7. The lowest BCUT2D eigenvalue weighted by Gasteiger charge is -2.57. The number of hydrogen-bond donors (Lipinski definition) is 0. The maximum Gasteiger partial charge on any atom is 0.235 e. The van der Waals surface area contributed by atoms with E-state index in [9.17, 15) is 0 Å². The standard InChI is InChI=1S/C44H36BNO3/c1-27-22-23-36-34(24-27)44(31-16-8-9-19-35(31)47-36)32-17-10-20-37-41(32)45-42-33(44)18-11-21-38(42)49-40-26-30(25-39(48-37)43(40)45)46(28-12-4-2-5-13-28)29-14-6-3-7-15-29/h2-8,10-14,16-18,20-23,25-27,29,37,41H,9,15,19,24H2,1H3. The Morgan fingerprint density at radius 2 is 1.73 bits per heavy atom. The summed E-state index contributed by atoms with van der Waals surface area (Å²) in [5.41, 5.74) is 9.74. The zero-order chi connectivity index (χ0) is 32.3. The summed E-state index contributed by atoms with van der Waals surface area (Å²) in [7, 11) is 0. The Morgan fingerprint density at radius 1 is 0.816 bits per heavy atom. The van der Waals surface area contributed by atoms with Gasteiger partial charge >= 0.3 is 0 Å². The first-order valence-corrected chi connectivity index (χ1v) is 17.9. The average Bonchev–Trinajstić information content (AvgIpc) is 3.14. The lowest BCUT2D eigenvalue weighted by molar-refractivity contribution is 0.228. The topological polar surface area (TPSA) is 30.9 Å². The van der Waals surface area contributed by atoms with E-state index >= 15 is 0 Å². The highest BCUT2D eigenvalue weighted by molar-refractivity contribution is 6.90. The Kier molecular flexibility index (Phi) is 5.77. The average molecular weight is 638 g/mol. The van der Waals surface area contributed by atoms with Crippen molar-refractivity contribution >= 4 is 29.0 Å². The third kappa shape index (κ3) is 3.71. The minimum Gasteiger partial charge on any atom is -0.487 e.